The molecule has 3 aliphatic rings. The van der Waals surface area contributed by atoms with Gasteiger partial charge in [0.15, 0.2) is 8.32 Å². The third-order valence-corrected chi connectivity index (χ3v) is 10.2. The van der Waals surface area contributed by atoms with Crippen LogP contribution in [-0.4, -0.2) is 31.6 Å². The van der Waals surface area contributed by atoms with Gasteiger partial charge in [-0.1, -0.05) is 6.07 Å². The average molecular weight is 503 g/mol. The Bertz CT molecular complexity index is 907. The van der Waals surface area contributed by atoms with Gasteiger partial charge in [0.2, 0.25) is 16.6 Å². The fourth-order valence-electron chi connectivity index (χ4n) is 6.40. The minimum atomic E-state index is -1.67. The second kappa shape index (κ2) is 8.68. The number of hydrogen-bond acceptors (Lipinski definition) is 3. The Balaban J connectivity index is 1.61. The zero-order valence-electron chi connectivity index (χ0n) is 22.5. The molecule has 3 nitrogen and oxygen atoms in total. The molecular weight excluding hydrogens is 457 g/mol. The molecular formula is C27H46O3Si3. The molecule has 3 unspecified atom stereocenters. The van der Waals surface area contributed by atoms with E-state index in [2.05, 4.69) is 83.2 Å². The predicted molar refractivity (Wildman–Crippen MR) is 147 cm³/mol. The van der Waals surface area contributed by atoms with Crippen molar-refractivity contribution < 1.29 is 13.3 Å². The van der Waals surface area contributed by atoms with E-state index in [1.807, 2.05) is 0 Å². The van der Waals surface area contributed by atoms with Crippen LogP contribution < -0.4 is 4.43 Å². The molecule has 0 radical (unpaired) electrons. The maximum absolute atomic E-state index is 6.77. The average Bonchev–Trinajstić information content (AvgIpc) is 3.01. The lowest BCUT2D eigenvalue weighted by Gasteiger charge is -2.52. The minimum absolute atomic E-state index is 0.0834. The SMILES string of the molecule is C[Si](C)(C)OC[C@]12CCC3c4ccc(O[Si](C)(C)C)cc4CCC3C1CC=C2O[Si](C)(C)C. The zero-order chi connectivity index (χ0) is 24.2. The van der Waals surface area contributed by atoms with Crippen LogP contribution >= 0.6 is 0 Å². The summed E-state index contributed by atoms with van der Waals surface area (Å²) in [7, 11) is -4.86. The van der Waals surface area contributed by atoms with Crippen LogP contribution in [0.4, 0.5) is 0 Å². The Morgan fingerprint density at radius 1 is 0.879 bits per heavy atom. The van der Waals surface area contributed by atoms with Crippen LogP contribution in [0.25, 0.3) is 0 Å². The number of rotatable bonds is 7. The molecule has 3 aliphatic carbocycles. The molecule has 0 aliphatic heterocycles. The van der Waals surface area contributed by atoms with E-state index in [1.54, 1.807) is 5.56 Å². The number of fused-ring (bicyclic) bond motifs is 5. The second-order valence-corrected chi connectivity index (χ2v) is 27.0. The van der Waals surface area contributed by atoms with Gasteiger partial charge in [-0.25, -0.2) is 0 Å². The van der Waals surface area contributed by atoms with Crippen LogP contribution in [0.2, 0.25) is 58.9 Å². The summed E-state index contributed by atoms with van der Waals surface area (Å²) < 4.78 is 19.7. The maximum Gasteiger partial charge on any atom is 0.242 e. The van der Waals surface area contributed by atoms with Gasteiger partial charge in [-0.3, -0.25) is 0 Å². The molecule has 0 amide bonds. The van der Waals surface area contributed by atoms with Gasteiger partial charge >= 0.3 is 0 Å². The highest BCUT2D eigenvalue weighted by Crippen LogP contribution is 2.62. The van der Waals surface area contributed by atoms with Gasteiger partial charge in [0, 0.05) is 6.61 Å². The Hall–Kier alpha value is -0.829. The molecule has 0 N–H and O–H groups in total. The summed E-state index contributed by atoms with van der Waals surface area (Å²) in [5.41, 5.74) is 3.20. The Morgan fingerprint density at radius 3 is 2.21 bits per heavy atom. The van der Waals surface area contributed by atoms with Gasteiger partial charge in [0.25, 0.3) is 0 Å². The van der Waals surface area contributed by atoms with E-state index in [0.29, 0.717) is 11.8 Å². The summed E-state index contributed by atoms with van der Waals surface area (Å²) in [4.78, 5) is 0. The predicted octanol–water partition coefficient (Wildman–Crippen LogP) is 7.93. The van der Waals surface area contributed by atoms with Gasteiger partial charge in [-0.15, -0.1) is 0 Å². The number of aryl methyl sites for hydroxylation is 1. The van der Waals surface area contributed by atoms with Crippen molar-refractivity contribution in [1.82, 2.24) is 0 Å². The van der Waals surface area contributed by atoms with Crippen LogP contribution in [0.5, 0.6) is 5.75 Å². The van der Waals surface area contributed by atoms with E-state index in [4.69, 9.17) is 13.3 Å². The van der Waals surface area contributed by atoms with Crippen LogP contribution in [0.3, 0.4) is 0 Å². The molecule has 0 saturated heterocycles. The Kier molecular flexibility index (Phi) is 6.65. The third-order valence-electron chi connectivity index (χ3n) is 7.56. The first-order chi connectivity index (χ1) is 15.2. The highest BCUT2D eigenvalue weighted by Gasteiger charge is 2.56. The molecule has 1 fully saturated rings. The molecule has 6 heteroatoms. The summed E-state index contributed by atoms with van der Waals surface area (Å²) in [6.07, 6.45) is 8.49. The largest absolute Gasteiger partial charge is 0.547 e. The first-order valence-electron chi connectivity index (χ1n) is 13.0. The van der Waals surface area contributed by atoms with Crippen molar-refractivity contribution in [3.63, 3.8) is 0 Å². The first-order valence-corrected chi connectivity index (χ1v) is 23.2. The minimum Gasteiger partial charge on any atom is -0.547 e. The van der Waals surface area contributed by atoms with Crippen molar-refractivity contribution in [2.24, 2.45) is 17.3 Å². The van der Waals surface area contributed by atoms with Crippen LogP contribution in [0, 0.1) is 17.3 Å². The Labute approximate surface area is 205 Å². The number of benzene rings is 1. The lowest BCUT2D eigenvalue weighted by atomic mass is 9.55. The third kappa shape index (κ3) is 5.54. The van der Waals surface area contributed by atoms with Crippen molar-refractivity contribution in [2.45, 2.75) is 96.9 Å². The van der Waals surface area contributed by atoms with Gasteiger partial charge in [0.05, 0.1) is 11.2 Å². The summed E-state index contributed by atoms with van der Waals surface area (Å²) in [5.74, 6) is 4.39. The molecule has 184 valence electrons. The lowest BCUT2D eigenvalue weighted by molar-refractivity contribution is -0.00227. The van der Waals surface area contributed by atoms with E-state index < -0.39 is 25.0 Å². The maximum atomic E-state index is 6.77. The van der Waals surface area contributed by atoms with Crippen LogP contribution in [-0.2, 0) is 15.3 Å². The smallest absolute Gasteiger partial charge is 0.242 e. The van der Waals surface area contributed by atoms with Crippen molar-refractivity contribution >= 4 is 25.0 Å². The fourth-order valence-corrected chi connectivity index (χ4v) is 8.87. The topological polar surface area (TPSA) is 27.7 Å². The van der Waals surface area contributed by atoms with Crippen molar-refractivity contribution in [3.8, 4) is 5.75 Å². The highest BCUT2D eigenvalue weighted by molar-refractivity contribution is 6.70. The standard InChI is InChI=1S/C27H46O3Si3/c1-31(2,3)28-19-27-17-16-23-22-13-11-21(29-32(4,5)6)18-20(22)10-12-24(23)25(27)14-15-26(27)30-33(7,8)9/h11,13,15,18,23-25H,10,12,14,16-17,19H2,1-9H3/t23?,24?,25?,27-/m1/s1. The van der Waals surface area contributed by atoms with Crippen LogP contribution in [0.1, 0.15) is 42.7 Å². The van der Waals surface area contributed by atoms with E-state index in [0.717, 1.165) is 24.7 Å². The monoisotopic (exact) mass is 502 g/mol. The molecule has 1 saturated carbocycles. The van der Waals surface area contributed by atoms with Crippen molar-refractivity contribution in [1.29, 1.82) is 0 Å². The van der Waals surface area contributed by atoms with Gasteiger partial charge in [0.1, 0.15) is 5.75 Å². The summed E-state index contributed by atoms with van der Waals surface area (Å²) in [5, 5.41) is 0. The Morgan fingerprint density at radius 2 is 1.58 bits per heavy atom. The molecule has 4 atom stereocenters. The fraction of sp³-hybridized carbons (Fsp3) is 0.704. The highest BCUT2D eigenvalue weighted by atomic mass is 28.4. The van der Waals surface area contributed by atoms with E-state index in [1.165, 1.54) is 37.0 Å². The van der Waals surface area contributed by atoms with Crippen LogP contribution in [0.15, 0.2) is 30.0 Å². The van der Waals surface area contributed by atoms with Crippen molar-refractivity contribution in [2.75, 3.05) is 6.61 Å². The molecule has 1 aromatic carbocycles. The van der Waals surface area contributed by atoms with E-state index in [-0.39, 0.29) is 5.41 Å². The molecule has 0 spiro atoms. The zero-order valence-corrected chi connectivity index (χ0v) is 25.5. The summed E-state index contributed by atoms with van der Waals surface area (Å²) >= 11 is 0. The molecule has 4 rings (SSSR count). The van der Waals surface area contributed by atoms with E-state index in [9.17, 15) is 0 Å². The van der Waals surface area contributed by atoms with Gasteiger partial charge in [-0.05, 0) is 138 Å². The molecule has 1 aromatic rings. The number of hydrogen-bond donors (Lipinski definition) is 0. The van der Waals surface area contributed by atoms with E-state index >= 15 is 0 Å². The summed E-state index contributed by atoms with van der Waals surface area (Å²) in [6.45, 7) is 21.5. The number of allylic oxidation sites excluding steroid dienone is 1. The lowest BCUT2D eigenvalue weighted by Crippen LogP contribution is -2.48. The molecule has 0 aromatic heterocycles. The second-order valence-electron chi connectivity index (χ2n) is 13.6. The molecule has 0 heterocycles. The van der Waals surface area contributed by atoms with Crippen molar-refractivity contribution in [3.05, 3.63) is 41.2 Å². The van der Waals surface area contributed by atoms with Gasteiger partial charge < -0.3 is 13.3 Å². The first kappa shape index (κ1) is 25.3. The summed E-state index contributed by atoms with van der Waals surface area (Å²) in [6, 6.07) is 6.99. The quantitative estimate of drug-likeness (QED) is 0.354. The molecule has 0 bridgehead atoms. The normalized spacial score (nSPS) is 29.6. The van der Waals surface area contributed by atoms with Gasteiger partial charge in [-0.2, -0.15) is 0 Å². The molecule has 33 heavy (non-hydrogen) atoms.